The highest BCUT2D eigenvalue weighted by molar-refractivity contribution is 6.19. The van der Waals surface area contributed by atoms with Crippen LogP contribution in [0.5, 0.6) is 0 Å². The summed E-state index contributed by atoms with van der Waals surface area (Å²) in [5.74, 6) is 1.58. The highest BCUT2D eigenvalue weighted by atomic mass is 15.0. The van der Waals surface area contributed by atoms with E-state index in [-0.39, 0.29) is 0 Å². The third-order valence-electron chi connectivity index (χ3n) is 12.4. The average Bonchev–Trinajstić information content (AvgIpc) is 3.89. The fourth-order valence-corrected chi connectivity index (χ4v) is 9.42. The number of nitriles is 2. The van der Waals surface area contributed by atoms with Gasteiger partial charge in [0, 0.05) is 55.0 Å². The Bertz CT molecular complexity index is 3810. The minimum atomic E-state index is 0.487. The minimum absolute atomic E-state index is 0.487. The SMILES string of the molecule is N#Cc1cccc(-c2cc(-c3nc(-c4ccccc4)nc(-c4ccccc4)n3)cc(-c3cccc(C#N)c3)c2-n2c3ccccc3c3cc4c5ccccc5n(-c5ccccc5)c4cc32)c1. The Hall–Kier alpha value is -9.43. The highest BCUT2D eigenvalue weighted by Crippen LogP contribution is 2.46. The van der Waals surface area contributed by atoms with Gasteiger partial charge in [-0.2, -0.15) is 10.5 Å². The summed E-state index contributed by atoms with van der Waals surface area (Å²) >= 11 is 0. The predicted octanol–water partition coefficient (Wildman–Crippen LogP) is 14.1. The molecule has 0 radical (unpaired) electrons. The van der Waals surface area contributed by atoms with E-state index in [1.165, 1.54) is 5.39 Å². The summed E-state index contributed by atoms with van der Waals surface area (Å²) in [4.78, 5) is 15.4. The maximum Gasteiger partial charge on any atom is 0.164 e. The van der Waals surface area contributed by atoms with Crippen LogP contribution in [0.25, 0.3) is 111 Å². The van der Waals surface area contributed by atoms with Crippen molar-refractivity contribution in [1.82, 2.24) is 24.1 Å². The van der Waals surface area contributed by atoms with Crippen molar-refractivity contribution in [3.63, 3.8) is 0 Å². The molecule has 3 aromatic heterocycles. The maximum absolute atomic E-state index is 10.3. The summed E-state index contributed by atoms with van der Waals surface area (Å²) in [6.07, 6.45) is 0. The molecule has 9 aromatic carbocycles. The van der Waals surface area contributed by atoms with E-state index in [4.69, 9.17) is 15.0 Å². The van der Waals surface area contributed by atoms with E-state index >= 15 is 0 Å². The topological polar surface area (TPSA) is 96.1 Å². The Kier molecular flexibility index (Phi) is 9.12. The molecule has 0 unspecified atom stereocenters. The molecule has 0 aliphatic rings. The molecular weight excluding hydrogens is 807 g/mol. The molecule has 7 nitrogen and oxygen atoms in total. The molecule has 306 valence electrons. The van der Waals surface area contributed by atoms with Gasteiger partial charge in [0.05, 0.1) is 51.0 Å². The lowest BCUT2D eigenvalue weighted by molar-refractivity contribution is 1.07. The van der Waals surface area contributed by atoms with Gasteiger partial charge in [0.1, 0.15) is 0 Å². The Balaban J connectivity index is 1.24. The van der Waals surface area contributed by atoms with Crippen LogP contribution in [0, 0.1) is 22.7 Å². The molecule has 0 fully saturated rings. The molecule has 0 bridgehead atoms. The third-order valence-corrected chi connectivity index (χ3v) is 12.4. The van der Waals surface area contributed by atoms with Crippen molar-refractivity contribution in [3.8, 4) is 79.9 Å². The Morgan fingerprint density at radius 3 is 1.26 bits per heavy atom. The lowest BCUT2D eigenvalue weighted by atomic mass is 9.91. The van der Waals surface area contributed by atoms with Gasteiger partial charge >= 0.3 is 0 Å². The van der Waals surface area contributed by atoms with E-state index in [2.05, 4.69) is 130 Å². The molecule has 3 heterocycles. The van der Waals surface area contributed by atoms with Crippen LogP contribution in [0.3, 0.4) is 0 Å². The van der Waals surface area contributed by atoms with Crippen molar-refractivity contribution in [2.75, 3.05) is 0 Å². The lowest BCUT2D eigenvalue weighted by Crippen LogP contribution is -2.04. The van der Waals surface area contributed by atoms with Gasteiger partial charge < -0.3 is 9.13 Å². The molecule has 66 heavy (non-hydrogen) atoms. The van der Waals surface area contributed by atoms with Crippen LogP contribution in [0.15, 0.2) is 212 Å². The van der Waals surface area contributed by atoms with Crippen molar-refractivity contribution in [1.29, 1.82) is 10.5 Å². The number of benzene rings is 9. The molecule has 0 N–H and O–H groups in total. The molecule has 12 rings (SSSR count). The summed E-state index contributed by atoms with van der Waals surface area (Å²) in [6.45, 7) is 0. The second kappa shape index (κ2) is 15.7. The van der Waals surface area contributed by atoms with Gasteiger partial charge in [0.25, 0.3) is 0 Å². The van der Waals surface area contributed by atoms with E-state index in [1.54, 1.807) is 0 Å². The van der Waals surface area contributed by atoms with E-state index < -0.39 is 0 Å². The van der Waals surface area contributed by atoms with Crippen molar-refractivity contribution < 1.29 is 0 Å². The average molecular weight is 842 g/mol. The summed E-state index contributed by atoms with van der Waals surface area (Å²) < 4.78 is 4.71. The zero-order chi connectivity index (χ0) is 44.1. The number of para-hydroxylation sites is 3. The van der Waals surface area contributed by atoms with Gasteiger partial charge in [-0.15, -0.1) is 0 Å². The van der Waals surface area contributed by atoms with E-state index in [1.807, 2.05) is 103 Å². The monoisotopic (exact) mass is 841 g/mol. The molecule has 0 saturated heterocycles. The first kappa shape index (κ1) is 38.3. The second-order valence-corrected chi connectivity index (χ2v) is 16.3. The number of nitrogens with zero attached hydrogens (tertiary/aromatic N) is 7. The zero-order valence-corrected chi connectivity index (χ0v) is 35.3. The standard InChI is InChI=1S/C59H35N7/c60-36-38-16-14-22-42(30-38)48-32-44(59-63-57(40-18-4-1-5-19-40)62-58(64-59)41-20-6-2-7-21-41)33-49(43-23-15-17-39(31-43)37-61)56(48)66-53-29-13-11-27-47(53)51-34-50-46-26-10-12-28-52(46)65(54(50)35-55(51)66)45-24-8-3-9-25-45/h1-35H. The van der Waals surface area contributed by atoms with Crippen molar-refractivity contribution in [3.05, 3.63) is 223 Å². The number of hydrogen-bond acceptors (Lipinski definition) is 5. The van der Waals surface area contributed by atoms with Crippen molar-refractivity contribution >= 4 is 43.6 Å². The van der Waals surface area contributed by atoms with Gasteiger partial charge in [-0.25, -0.2) is 15.0 Å². The highest BCUT2D eigenvalue weighted by Gasteiger charge is 2.25. The fourth-order valence-electron chi connectivity index (χ4n) is 9.42. The minimum Gasteiger partial charge on any atom is -0.309 e. The Morgan fingerprint density at radius 1 is 0.318 bits per heavy atom. The summed E-state index contributed by atoms with van der Waals surface area (Å²) in [6, 6.07) is 76.7. The number of rotatable bonds is 7. The first-order chi connectivity index (χ1) is 32.6. The molecule has 0 spiro atoms. The van der Waals surface area contributed by atoms with Crippen molar-refractivity contribution in [2.45, 2.75) is 0 Å². The molecule has 7 heteroatoms. The Morgan fingerprint density at radius 2 is 0.742 bits per heavy atom. The van der Waals surface area contributed by atoms with Crippen LogP contribution in [0.4, 0.5) is 0 Å². The molecule has 0 aliphatic heterocycles. The number of fused-ring (bicyclic) bond motifs is 6. The summed E-state index contributed by atoms with van der Waals surface area (Å²) in [5, 5.41) is 25.1. The normalized spacial score (nSPS) is 11.3. The van der Waals surface area contributed by atoms with E-state index in [9.17, 15) is 10.5 Å². The second-order valence-electron chi connectivity index (χ2n) is 16.3. The predicted molar refractivity (Wildman–Crippen MR) is 265 cm³/mol. The van der Waals surface area contributed by atoms with Crippen LogP contribution in [-0.4, -0.2) is 24.1 Å². The number of aromatic nitrogens is 5. The molecule has 0 atom stereocenters. The molecule has 0 saturated carbocycles. The number of hydrogen-bond donors (Lipinski definition) is 0. The van der Waals surface area contributed by atoms with Crippen LogP contribution in [-0.2, 0) is 0 Å². The lowest BCUT2D eigenvalue weighted by Gasteiger charge is -2.21. The van der Waals surface area contributed by atoms with Crippen molar-refractivity contribution in [2.24, 2.45) is 0 Å². The van der Waals surface area contributed by atoms with Gasteiger partial charge in [-0.1, -0.05) is 140 Å². The molecule has 12 aromatic rings. The van der Waals surface area contributed by atoms with Crippen LogP contribution < -0.4 is 0 Å². The molecule has 0 amide bonds. The first-order valence-corrected chi connectivity index (χ1v) is 21.7. The summed E-state index contributed by atoms with van der Waals surface area (Å²) in [5.41, 5.74) is 13.1. The van der Waals surface area contributed by atoms with E-state index in [0.29, 0.717) is 28.6 Å². The smallest absolute Gasteiger partial charge is 0.164 e. The zero-order valence-electron chi connectivity index (χ0n) is 35.3. The van der Waals surface area contributed by atoms with Gasteiger partial charge in [0.2, 0.25) is 0 Å². The van der Waals surface area contributed by atoms with Crippen LogP contribution >= 0.6 is 0 Å². The maximum atomic E-state index is 10.3. The van der Waals surface area contributed by atoms with E-state index in [0.717, 1.165) is 88.5 Å². The molecular formula is C59H35N7. The van der Waals surface area contributed by atoms with Gasteiger partial charge in [-0.05, 0) is 83.9 Å². The van der Waals surface area contributed by atoms with Gasteiger partial charge in [-0.3, -0.25) is 0 Å². The first-order valence-electron chi connectivity index (χ1n) is 21.7. The summed E-state index contributed by atoms with van der Waals surface area (Å²) in [7, 11) is 0. The van der Waals surface area contributed by atoms with Crippen LogP contribution in [0.2, 0.25) is 0 Å². The van der Waals surface area contributed by atoms with Crippen LogP contribution in [0.1, 0.15) is 11.1 Å². The third kappa shape index (κ3) is 6.39. The fraction of sp³-hybridized carbons (Fsp3) is 0. The molecule has 0 aliphatic carbocycles. The van der Waals surface area contributed by atoms with Gasteiger partial charge in [0.15, 0.2) is 17.5 Å². The quantitative estimate of drug-likeness (QED) is 0.159. The largest absolute Gasteiger partial charge is 0.309 e. The Labute approximate surface area is 380 Å².